The van der Waals surface area contributed by atoms with E-state index in [1.54, 1.807) is 19.1 Å². The standard InChI is InChI=1S/C16H16ClNO2/c1-11-7-8-13(9-15(11)19)16(20)18-14(10-17)12-5-3-2-4-6-12/h2-9,14,19H,10H2,1H3,(H,18,20). The molecule has 0 aliphatic heterocycles. The summed E-state index contributed by atoms with van der Waals surface area (Å²) in [6, 6.07) is 14.1. The molecule has 0 heterocycles. The Morgan fingerprint density at radius 2 is 1.95 bits per heavy atom. The summed E-state index contributed by atoms with van der Waals surface area (Å²) in [5, 5.41) is 12.5. The second-order valence-corrected chi connectivity index (χ2v) is 4.90. The van der Waals surface area contributed by atoms with E-state index in [2.05, 4.69) is 5.32 Å². The van der Waals surface area contributed by atoms with Crippen molar-refractivity contribution in [2.45, 2.75) is 13.0 Å². The van der Waals surface area contributed by atoms with E-state index < -0.39 is 0 Å². The third kappa shape index (κ3) is 3.31. The van der Waals surface area contributed by atoms with E-state index in [0.29, 0.717) is 5.56 Å². The van der Waals surface area contributed by atoms with E-state index >= 15 is 0 Å². The molecule has 1 atom stereocenters. The fraction of sp³-hybridized carbons (Fsp3) is 0.188. The van der Waals surface area contributed by atoms with Crippen LogP contribution in [-0.2, 0) is 0 Å². The Balaban J connectivity index is 2.15. The highest BCUT2D eigenvalue weighted by molar-refractivity contribution is 6.18. The molecule has 0 spiro atoms. The number of phenolic OH excluding ortho intramolecular Hbond substituents is 1. The Labute approximate surface area is 123 Å². The van der Waals surface area contributed by atoms with Gasteiger partial charge in [-0.3, -0.25) is 4.79 Å². The van der Waals surface area contributed by atoms with Crippen LogP contribution in [0.2, 0.25) is 0 Å². The smallest absolute Gasteiger partial charge is 0.251 e. The Bertz CT molecular complexity index is 599. The van der Waals surface area contributed by atoms with E-state index in [9.17, 15) is 9.90 Å². The van der Waals surface area contributed by atoms with Crippen molar-refractivity contribution in [3.63, 3.8) is 0 Å². The molecule has 4 heteroatoms. The molecular weight excluding hydrogens is 274 g/mol. The third-order valence-corrected chi connectivity index (χ3v) is 3.44. The highest BCUT2D eigenvalue weighted by Gasteiger charge is 2.15. The highest BCUT2D eigenvalue weighted by Crippen LogP contribution is 2.19. The molecular formula is C16H16ClNO2. The molecule has 3 nitrogen and oxygen atoms in total. The Kier molecular flexibility index (Phi) is 4.64. The van der Waals surface area contributed by atoms with Gasteiger partial charge < -0.3 is 10.4 Å². The van der Waals surface area contributed by atoms with Crippen molar-refractivity contribution >= 4 is 17.5 Å². The SMILES string of the molecule is Cc1ccc(C(=O)NC(CCl)c2ccccc2)cc1O. The quantitative estimate of drug-likeness (QED) is 0.848. The lowest BCUT2D eigenvalue weighted by molar-refractivity contribution is 0.0940. The predicted octanol–water partition coefficient (Wildman–Crippen LogP) is 3.41. The number of phenols is 1. The van der Waals surface area contributed by atoms with Gasteiger partial charge in [0, 0.05) is 11.4 Å². The van der Waals surface area contributed by atoms with Gasteiger partial charge in [0.1, 0.15) is 5.75 Å². The van der Waals surface area contributed by atoms with Crippen LogP contribution in [0.5, 0.6) is 5.75 Å². The van der Waals surface area contributed by atoms with Gasteiger partial charge in [-0.15, -0.1) is 11.6 Å². The van der Waals surface area contributed by atoms with Gasteiger partial charge in [0.25, 0.3) is 5.91 Å². The molecule has 0 saturated carbocycles. The summed E-state index contributed by atoms with van der Waals surface area (Å²) >= 11 is 5.93. The van der Waals surface area contributed by atoms with Crippen molar-refractivity contribution < 1.29 is 9.90 Å². The fourth-order valence-electron chi connectivity index (χ4n) is 1.89. The molecule has 0 saturated heterocycles. The van der Waals surface area contributed by atoms with Gasteiger partial charge in [-0.25, -0.2) is 0 Å². The summed E-state index contributed by atoms with van der Waals surface area (Å²) in [6.45, 7) is 1.78. The molecule has 20 heavy (non-hydrogen) atoms. The number of nitrogens with one attached hydrogen (secondary N) is 1. The largest absolute Gasteiger partial charge is 0.508 e. The maximum absolute atomic E-state index is 12.2. The number of rotatable bonds is 4. The van der Waals surface area contributed by atoms with Crippen molar-refractivity contribution in [2.24, 2.45) is 0 Å². The van der Waals surface area contributed by atoms with Gasteiger partial charge in [0.2, 0.25) is 0 Å². The van der Waals surface area contributed by atoms with Crippen LogP contribution in [0.25, 0.3) is 0 Å². The molecule has 1 amide bonds. The molecule has 0 fully saturated rings. The Morgan fingerprint density at radius 1 is 1.25 bits per heavy atom. The molecule has 2 aromatic rings. The van der Waals surface area contributed by atoms with Crippen molar-refractivity contribution in [1.29, 1.82) is 0 Å². The van der Waals surface area contributed by atoms with Gasteiger partial charge in [0.05, 0.1) is 6.04 Å². The summed E-state index contributed by atoms with van der Waals surface area (Å²) in [6.07, 6.45) is 0. The van der Waals surface area contributed by atoms with E-state index in [1.807, 2.05) is 30.3 Å². The number of halogens is 1. The number of hydrogen-bond acceptors (Lipinski definition) is 2. The first-order valence-corrected chi connectivity index (χ1v) is 6.86. The second-order valence-electron chi connectivity index (χ2n) is 4.59. The van der Waals surface area contributed by atoms with Crippen molar-refractivity contribution in [3.8, 4) is 5.75 Å². The van der Waals surface area contributed by atoms with E-state index in [4.69, 9.17) is 11.6 Å². The lowest BCUT2D eigenvalue weighted by atomic mass is 10.1. The monoisotopic (exact) mass is 289 g/mol. The van der Waals surface area contributed by atoms with Crippen LogP contribution in [-0.4, -0.2) is 16.9 Å². The molecule has 2 N–H and O–H groups in total. The van der Waals surface area contributed by atoms with Gasteiger partial charge in [-0.2, -0.15) is 0 Å². The van der Waals surface area contributed by atoms with Gasteiger partial charge in [-0.1, -0.05) is 36.4 Å². The van der Waals surface area contributed by atoms with Crippen LogP contribution >= 0.6 is 11.6 Å². The molecule has 104 valence electrons. The predicted molar refractivity (Wildman–Crippen MR) is 80.2 cm³/mol. The van der Waals surface area contributed by atoms with E-state index in [0.717, 1.165) is 11.1 Å². The second kappa shape index (κ2) is 6.44. The lowest BCUT2D eigenvalue weighted by Gasteiger charge is -2.16. The molecule has 0 aromatic heterocycles. The van der Waals surface area contributed by atoms with Crippen LogP contribution in [0.1, 0.15) is 27.5 Å². The maximum Gasteiger partial charge on any atom is 0.251 e. The third-order valence-electron chi connectivity index (χ3n) is 3.13. The summed E-state index contributed by atoms with van der Waals surface area (Å²) < 4.78 is 0. The zero-order chi connectivity index (χ0) is 14.5. The fourth-order valence-corrected chi connectivity index (χ4v) is 2.14. The van der Waals surface area contributed by atoms with Crippen LogP contribution in [0.4, 0.5) is 0 Å². The first-order valence-electron chi connectivity index (χ1n) is 6.33. The minimum Gasteiger partial charge on any atom is -0.508 e. The average Bonchev–Trinajstić information content (AvgIpc) is 2.48. The van der Waals surface area contributed by atoms with Crippen molar-refractivity contribution in [3.05, 3.63) is 65.2 Å². The summed E-state index contributed by atoms with van der Waals surface area (Å²) in [7, 11) is 0. The number of hydrogen-bond donors (Lipinski definition) is 2. The van der Waals surface area contributed by atoms with Crippen LogP contribution in [0, 0.1) is 6.92 Å². The van der Waals surface area contributed by atoms with Crippen molar-refractivity contribution in [1.82, 2.24) is 5.32 Å². The Hall–Kier alpha value is -2.00. The normalized spacial score (nSPS) is 11.9. The molecule has 0 aliphatic carbocycles. The number of aromatic hydroxyl groups is 1. The number of aryl methyl sites for hydroxylation is 1. The minimum absolute atomic E-state index is 0.111. The van der Waals surface area contributed by atoms with Gasteiger partial charge in [-0.05, 0) is 30.2 Å². The molecule has 0 bridgehead atoms. The summed E-state index contributed by atoms with van der Waals surface area (Å²) in [5.41, 5.74) is 2.10. The van der Waals surface area contributed by atoms with Crippen LogP contribution in [0.3, 0.4) is 0 Å². The van der Waals surface area contributed by atoms with Crippen molar-refractivity contribution in [2.75, 3.05) is 5.88 Å². The lowest BCUT2D eigenvalue weighted by Crippen LogP contribution is -2.29. The number of amides is 1. The minimum atomic E-state index is -0.256. The topological polar surface area (TPSA) is 49.3 Å². The summed E-state index contributed by atoms with van der Waals surface area (Å²) in [5.74, 6) is 0.141. The zero-order valence-electron chi connectivity index (χ0n) is 11.1. The number of alkyl halides is 1. The Morgan fingerprint density at radius 3 is 2.55 bits per heavy atom. The average molecular weight is 290 g/mol. The highest BCUT2D eigenvalue weighted by atomic mass is 35.5. The first-order chi connectivity index (χ1) is 9.61. The van der Waals surface area contributed by atoms with Crippen LogP contribution in [0.15, 0.2) is 48.5 Å². The van der Waals surface area contributed by atoms with E-state index in [1.165, 1.54) is 6.07 Å². The van der Waals surface area contributed by atoms with E-state index in [-0.39, 0.29) is 23.6 Å². The molecule has 2 aromatic carbocycles. The first kappa shape index (κ1) is 14.4. The van der Waals surface area contributed by atoms with Crippen LogP contribution < -0.4 is 5.32 Å². The van der Waals surface area contributed by atoms with Gasteiger partial charge in [0.15, 0.2) is 0 Å². The molecule has 2 rings (SSSR count). The molecule has 1 unspecified atom stereocenters. The number of carbonyl (C=O) groups is 1. The maximum atomic E-state index is 12.2. The number of carbonyl (C=O) groups excluding carboxylic acids is 1. The van der Waals surface area contributed by atoms with Gasteiger partial charge >= 0.3 is 0 Å². The molecule has 0 radical (unpaired) electrons. The summed E-state index contributed by atoms with van der Waals surface area (Å²) in [4.78, 5) is 12.2. The zero-order valence-corrected chi connectivity index (χ0v) is 11.9. The molecule has 0 aliphatic rings. The number of benzene rings is 2.